The second-order valence-electron chi connectivity index (χ2n) is 7.88. The molecule has 2 heterocycles. The van der Waals surface area contributed by atoms with Crippen LogP contribution in [0.2, 0.25) is 0 Å². The predicted octanol–water partition coefficient (Wildman–Crippen LogP) is 4.01. The number of hydrogen-bond acceptors (Lipinski definition) is 3. The van der Waals surface area contributed by atoms with Crippen molar-refractivity contribution in [2.45, 2.75) is 69.7 Å². The van der Waals surface area contributed by atoms with Gasteiger partial charge in [0.2, 0.25) is 0 Å². The summed E-state index contributed by atoms with van der Waals surface area (Å²) in [4.78, 5) is 12.6. The lowest BCUT2D eigenvalue weighted by Gasteiger charge is -2.49. The Bertz CT molecular complexity index is 568. The molecule has 2 saturated heterocycles. The van der Waals surface area contributed by atoms with E-state index in [1.165, 1.54) is 12.8 Å². The number of aliphatic hydroxyl groups excluding tert-OH is 1. The predicted molar refractivity (Wildman–Crippen MR) is 114 cm³/mol. The van der Waals surface area contributed by atoms with Crippen LogP contribution in [0.1, 0.15) is 51.0 Å². The van der Waals surface area contributed by atoms with Crippen LogP contribution in [0.5, 0.6) is 0 Å². The molecule has 26 heavy (non-hydrogen) atoms. The summed E-state index contributed by atoms with van der Waals surface area (Å²) in [6.07, 6.45) is 4.36. The zero-order chi connectivity index (χ0) is 17.3. The molecule has 5 atom stereocenters. The van der Waals surface area contributed by atoms with E-state index in [4.69, 9.17) is 4.74 Å². The van der Waals surface area contributed by atoms with Crippen LogP contribution in [-0.2, 0) is 9.53 Å². The Morgan fingerprint density at radius 1 is 1.15 bits per heavy atom. The van der Waals surface area contributed by atoms with Crippen molar-refractivity contribution in [3.8, 4) is 0 Å². The first-order valence-electron chi connectivity index (χ1n) is 9.18. The third-order valence-corrected chi connectivity index (χ3v) is 6.54. The molecule has 0 amide bonds. The topological polar surface area (TPSA) is 46.5 Å². The zero-order valence-corrected chi connectivity index (χ0v) is 19.3. The molecule has 3 rings (SSSR count). The lowest BCUT2D eigenvalue weighted by Crippen LogP contribution is -2.62. The van der Waals surface area contributed by atoms with Crippen molar-refractivity contribution in [3.63, 3.8) is 0 Å². The van der Waals surface area contributed by atoms with Crippen molar-refractivity contribution in [2.24, 2.45) is 0 Å². The van der Waals surface area contributed by atoms with Crippen molar-refractivity contribution in [1.29, 1.82) is 0 Å². The van der Waals surface area contributed by atoms with Gasteiger partial charge >= 0.3 is 5.97 Å². The van der Waals surface area contributed by atoms with Crippen molar-refractivity contribution in [1.82, 2.24) is 0 Å². The monoisotopic (exact) mass is 492 g/mol. The zero-order valence-electron chi connectivity index (χ0n) is 15.8. The smallest absolute Gasteiger partial charge is 0.316 e. The molecule has 1 aromatic carbocycles. The van der Waals surface area contributed by atoms with E-state index in [-0.39, 0.29) is 52.6 Å². The molecule has 1 N–H and O–H groups in total. The summed E-state index contributed by atoms with van der Waals surface area (Å²) in [6, 6.07) is 11.2. The van der Waals surface area contributed by atoms with Gasteiger partial charge in [-0.2, -0.15) is 0 Å². The third kappa shape index (κ3) is 4.34. The molecule has 3 unspecified atom stereocenters. The Labute approximate surface area is 178 Å². The second kappa shape index (κ2) is 9.67. The molecule has 0 spiro atoms. The number of piperidine rings is 1. The van der Waals surface area contributed by atoms with E-state index >= 15 is 0 Å². The molecule has 2 aliphatic rings. The molecule has 1 aromatic rings. The summed E-state index contributed by atoms with van der Waals surface area (Å²) in [5.74, 6) is -0.856. The fraction of sp³-hybridized carbons (Fsp3) is 0.650. The number of ether oxygens (including phenoxy) is 1. The van der Waals surface area contributed by atoms with E-state index in [0.717, 1.165) is 22.9 Å². The number of carbonyl (C=O) groups excluding carboxylic acids is 1. The first-order valence-corrected chi connectivity index (χ1v) is 9.18. The summed E-state index contributed by atoms with van der Waals surface area (Å²) in [6.45, 7) is 4.39. The van der Waals surface area contributed by atoms with Crippen LogP contribution in [0.3, 0.4) is 0 Å². The normalized spacial score (nSPS) is 30.9. The van der Waals surface area contributed by atoms with Gasteiger partial charge in [-0.1, -0.05) is 30.3 Å². The van der Waals surface area contributed by atoms with Crippen molar-refractivity contribution in [3.05, 3.63) is 35.9 Å². The number of aliphatic hydroxyl groups is 1. The molecule has 2 bridgehead atoms. The highest BCUT2D eigenvalue weighted by Crippen LogP contribution is 2.44. The number of fused-ring (bicyclic) bond motifs is 2. The quantitative estimate of drug-likeness (QED) is 0.498. The van der Waals surface area contributed by atoms with E-state index in [2.05, 4.69) is 20.9 Å². The number of halogens is 2. The van der Waals surface area contributed by atoms with Crippen LogP contribution >= 0.6 is 34.0 Å². The molecule has 0 radical (unpaired) electrons. The van der Waals surface area contributed by atoms with E-state index in [0.29, 0.717) is 18.1 Å². The fourth-order valence-electron chi connectivity index (χ4n) is 4.82. The Morgan fingerprint density at radius 2 is 1.69 bits per heavy atom. The lowest BCUT2D eigenvalue weighted by atomic mass is 9.94. The average molecular weight is 494 g/mol. The SMILES string of the molecule is Br.Br.CC(C)[N+]1(C)[C@@H]2CC[C@H]1CC(OC(=O)C(CO)c1ccccc1)C2. The molecule has 0 aliphatic carbocycles. The third-order valence-electron chi connectivity index (χ3n) is 6.54. The molecule has 148 valence electrons. The minimum absolute atomic E-state index is 0. The van der Waals surface area contributed by atoms with Gasteiger partial charge in [-0.3, -0.25) is 4.79 Å². The number of quaternary nitrogens is 1. The van der Waals surface area contributed by atoms with Crippen molar-refractivity contribution in [2.75, 3.05) is 13.7 Å². The Kier molecular flexibility index (Phi) is 8.78. The van der Waals surface area contributed by atoms with Crippen LogP contribution < -0.4 is 0 Å². The van der Waals surface area contributed by atoms with Crippen molar-refractivity contribution >= 4 is 39.9 Å². The van der Waals surface area contributed by atoms with Gasteiger partial charge in [-0.15, -0.1) is 34.0 Å². The van der Waals surface area contributed by atoms with Gasteiger partial charge in [0.15, 0.2) is 0 Å². The van der Waals surface area contributed by atoms with Crippen LogP contribution in [-0.4, -0.2) is 53.4 Å². The maximum Gasteiger partial charge on any atom is 0.316 e. The van der Waals surface area contributed by atoms with Gasteiger partial charge in [0.05, 0.1) is 31.8 Å². The Balaban J connectivity index is 0.00000169. The van der Waals surface area contributed by atoms with Gasteiger partial charge in [0.1, 0.15) is 12.0 Å². The first kappa shape index (κ1) is 23.6. The number of hydrogen-bond donors (Lipinski definition) is 1. The van der Waals surface area contributed by atoms with Gasteiger partial charge in [0.25, 0.3) is 0 Å². The van der Waals surface area contributed by atoms with Crippen LogP contribution in [0.15, 0.2) is 30.3 Å². The summed E-state index contributed by atoms with van der Waals surface area (Å²) >= 11 is 0. The molecule has 0 saturated carbocycles. The van der Waals surface area contributed by atoms with Gasteiger partial charge in [0, 0.05) is 25.7 Å². The summed E-state index contributed by atoms with van der Waals surface area (Å²) < 4.78 is 6.96. The van der Waals surface area contributed by atoms with Crippen molar-refractivity contribution < 1.29 is 19.1 Å². The highest BCUT2D eigenvalue weighted by molar-refractivity contribution is 8.93. The van der Waals surface area contributed by atoms with Gasteiger partial charge in [-0.05, 0) is 19.4 Å². The van der Waals surface area contributed by atoms with Crippen LogP contribution in [0.25, 0.3) is 0 Å². The van der Waals surface area contributed by atoms with E-state index < -0.39 is 5.92 Å². The molecule has 0 aromatic heterocycles. The van der Waals surface area contributed by atoms with Crippen LogP contribution in [0, 0.1) is 0 Å². The number of nitrogens with zero attached hydrogens (tertiary/aromatic N) is 1. The lowest BCUT2D eigenvalue weighted by molar-refractivity contribution is -0.968. The number of esters is 1. The molecular formula is C20H32Br2NO3+. The highest BCUT2D eigenvalue weighted by atomic mass is 79.9. The minimum atomic E-state index is -0.572. The average Bonchev–Trinajstić information content (AvgIpc) is 2.74. The summed E-state index contributed by atoms with van der Waals surface area (Å²) in [5, 5.41) is 9.65. The Morgan fingerprint density at radius 3 is 2.15 bits per heavy atom. The number of rotatable bonds is 5. The Hall–Kier alpha value is -0.430. The van der Waals surface area contributed by atoms with Gasteiger partial charge in [-0.25, -0.2) is 0 Å². The molecule has 4 nitrogen and oxygen atoms in total. The van der Waals surface area contributed by atoms with E-state index in [1.54, 1.807) is 0 Å². The molecule has 6 heteroatoms. The second-order valence-corrected chi connectivity index (χ2v) is 7.88. The minimum Gasteiger partial charge on any atom is -0.461 e. The van der Waals surface area contributed by atoms with E-state index in [1.807, 2.05) is 30.3 Å². The van der Waals surface area contributed by atoms with E-state index in [9.17, 15) is 9.90 Å². The summed E-state index contributed by atoms with van der Waals surface area (Å²) in [5.41, 5.74) is 0.826. The fourth-order valence-corrected chi connectivity index (χ4v) is 4.82. The maximum atomic E-state index is 12.6. The van der Waals surface area contributed by atoms with Crippen LogP contribution in [0.4, 0.5) is 0 Å². The van der Waals surface area contributed by atoms with Gasteiger partial charge < -0.3 is 14.3 Å². The number of benzene rings is 1. The summed E-state index contributed by atoms with van der Waals surface area (Å²) in [7, 11) is 2.37. The maximum absolute atomic E-state index is 12.6. The molecule has 2 fully saturated rings. The largest absolute Gasteiger partial charge is 0.461 e. The number of carbonyl (C=O) groups is 1. The first-order chi connectivity index (χ1) is 11.5. The highest BCUT2D eigenvalue weighted by Gasteiger charge is 2.53. The molecule has 2 aliphatic heterocycles. The molecular weight excluding hydrogens is 462 g/mol. The standard InChI is InChI=1S/C20H30NO3.2BrH/c1-14(2)21(3)16-9-10-17(21)12-18(11-16)24-20(23)19(13-22)15-7-5-4-6-8-15;;/h4-8,14,16-19,22H,9-13H2,1-3H3;2*1H/q+1;;/t16-,17+,18?,19?,21?;;.